The van der Waals surface area contributed by atoms with Gasteiger partial charge in [-0.3, -0.25) is 4.79 Å². The maximum absolute atomic E-state index is 10.5. The van der Waals surface area contributed by atoms with Gasteiger partial charge >= 0.3 is 0 Å². The van der Waals surface area contributed by atoms with Gasteiger partial charge in [-0.15, -0.1) is 11.8 Å². The monoisotopic (exact) mass is 228 g/mol. The molecule has 0 aliphatic carbocycles. The van der Waals surface area contributed by atoms with E-state index in [4.69, 9.17) is 11.6 Å². The molecule has 0 aromatic heterocycles. The van der Waals surface area contributed by atoms with Crippen molar-refractivity contribution in [3.8, 4) is 0 Å². The molecule has 0 fully saturated rings. The van der Waals surface area contributed by atoms with Crippen LogP contribution in [0.25, 0.3) is 0 Å². The van der Waals surface area contributed by atoms with Crippen LogP contribution in [0.3, 0.4) is 0 Å². The molecular formula is C11H13ClOS. The highest BCUT2D eigenvalue weighted by Gasteiger charge is 1.97. The average molecular weight is 229 g/mol. The molecule has 0 saturated heterocycles. The summed E-state index contributed by atoms with van der Waals surface area (Å²) in [6, 6.07) is 8.40. The van der Waals surface area contributed by atoms with E-state index in [-0.39, 0.29) is 5.24 Å². The molecule has 1 aromatic rings. The Hall–Kier alpha value is -0.470. The fourth-order valence-electron chi connectivity index (χ4n) is 1.22. The molecule has 0 N–H and O–H groups in total. The minimum absolute atomic E-state index is 0.245. The number of hydrogen-bond donors (Lipinski definition) is 0. The van der Waals surface area contributed by atoms with E-state index >= 15 is 0 Å². The molecule has 0 amide bonds. The smallest absolute Gasteiger partial charge is 0.221 e. The van der Waals surface area contributed by atoms with Gasteiger partial charge in [-0.25, -0.2) is 0 Å². The van der Waals surface area contributed by atoms with Crippen LogP contribution in [0, 0.1) is 0 Å². The fourth-order valence-corrected chi connectivity index (χ4v) is 1.77. The van der Waals surface area contributed by atoms with Crippen molar-refractivity contribution in [3.63, 3.8) is 0 Å². The van der Waals surface area contributed by atoms with Gasteiger partial charge in [-0.1, -0.05) is 12.1 Å². The lowest BCUT2D eigenvalue weighted by Gasteiger charge is -2.00. The number of hydrogen-bond acceptors (Lipinski definition) is 2. The van der Waals surface area contributed by atoms with Crippen molar-refractivity contribution < 1.29 is 4.79 Å². The summed E-state index contributed by atoms with van der Waals surface area (Å²) in [6.07, 6.45) is 4.28. The van der Waals surface area contributed by atoms with Gasteiger partial charge in [0.1, 0.15) is 0 Å². The Kier molecular flexibility index (Phi) is 5.05. The Labute approximate surface area is 93.8 Å². The average Bonchev–Trinajstić information content (AvgIpc) is 2.18. The third-order valence-corrected chi connectivity index (χ3v) is 2.93. The minimum atomic E-state index is -0.245. The van der Waals surface area contributed by atoms with E-state index in [1.165, 1.54) is 10.5 Å². The van der Waals surface area contributed by atoms with E-state index in [9.17, 15) is 4.79 Å². The van der Waals surface area contributed by atoms with Crippen molar-refractivity contribution in [1.82, 2.24) is 0 Å². The topological polar surface area (TPSA) is 17.1 Å². The lowest BCUT2D eigenvalue weighted by atomic mass is 10.1. The van der Waals surface area contributed by atoms with Crippen molar-refractivity contribution in [1.29, 1.82) is 0 Å². The molecule has 1 rings (SSSR count). The Morgan fingerprint density at radius 3 is 2.50 bits per heavy atom. The van der Waals surface area contributed by atoms with Crippen LogP contribution in [0.4, 0.5) is 0 Å². The van der Waals surface area contributed by atoms with E-state index in [1.54, 1.807) is 11.8 Å². The lowest BCUT2D eigenvalue weighted by Crippen LogP contribution is -1.90. The molecular weight excluding hydrogens is 216 g/mol. The Balaban J connectivity index is 2.40. The molecule has 1 aromatic carbocycles. The number of aryl methyl sites for hydroxylation is 1. The Morgan fingerprint density at radius 2 is 2.00 bits per heavy atom. The first kappa shape index (κ1) is 11.6. The summed E-state index contributed by atoms with van der Waals surface area (Å²) in [5.41, 5.74) is 1.26. The van der Waals surface area contributed by atoms with Crippen molar-refractivity contribution in [3.05, 3.63) is 29.8 Å². The molecule has 76 valence electrons. The quantitative estimate of drug-likeness (QED) is 0.567. The summed E-state index contributed by atoms with van der Waals surface area (Å²) in [6.45, 7) is 0. The highest BCUT2D eigenvalue weighted by atomic mass is 35.5. The fraction of sp³-hybridized carbons (Fsp3) is 0.364. The minimum Gasteiger partial charge on any atom is -0.281 e. The lowest BCUT2D eigenvalue weighted by molar-refractivity contribution is -0.111. The molecule has 0 radical (unpaired) electrons. The number of halogens is 1. The van der Waals surface area contributed by atoms with Crippen LogP contribution in [-0.4, -0.2) is 11.5 Å². The highest BCUT2D eigenvalue weighted by molar-refractivity contribution is 7.98. The summed E-state index contributed by atoms with van der Waals surface area (Å²) in [4.78, 5) is 11.8. The van der Waals surface area contributed by atoms with Gasteiger partial charge in [-0.2, -0.15) is 0 Å². The normalized spacial score (nSPS) is 10.1. The van der Waals surface area contributed by atoms with Crippen molar-refractivity contribution in [2.45, 2.75) is 24.2 Å². The third-order valence-electron chi connectivity index (χ3n) is 2.00. The maximum atomic E-state index is 10.5. The number of carbonyl (C=O) groups excluding carboxylic acids is 1. The summed E-state index contributed by atoms with van der Waals surface area (Å²) in [5, 5.41) is -0.245. The summed E-state index contributed by atoms with van der Waals surface area (Å²) < 4.78 is 0. The first-order valence-electron chi connectivity index (χ1n) is 4.53. The summed E-state index contributed by atoms with van der Waals surface area (Å²) >= 11 is 6.98. The molecule has 3 heteroatoms. The van der Waals surface area contributed by atoms with E-state index in [1.807, 2.05) is 0 Å². The second kappa shape index (κ2) is 6.10. The van der Waals surface area contributed by atoms with Crippen LogP contribution in [0.1, 0.15) is 18.4 Å². The second-order valence-electron chi connectivity index (χ2n) is 3.06. The van der Waals surface area contributed by atoms with Crippen LogP contribution >= 0.6 is 23.4 Å². The highest BCUT2D eigenvalue weighted by Crippen LogP contribution is 2.16. The van der Waals surface area contributed by atoms with Gasteiger partial charge in [0, 0.05) is 11.3 Å². The van der Waals surface area contributed by atoms with Gasteiger partial charge in [0.25, 0.3) is 0 Å². The van der Waals surface area contributed by atoms with Crippen LogP contribution in [0.5, 0.6) is 0 Å². The van der Waals surface area contributed by atoms with Crippen molar-refractivity contribution in [2.75, 3.05) is 6.26 Å². The number of thioether (sulfide) groups is 1. The number of benzene rings is 1. The third kappa shape index (κ3) is 4.16. The zero-order chi connectivity index (χ0) is 10.4. The standard InChI is InChI=1S/C11H13ClOS/c1-14-10-7-5-9(6-8-10)3-2-4-11(12)13/h5-8H,2-4H2,1H3. The van der Waals surface area contributed by atoms with E-state index in [2.05, 4.69) is 30.5 Å². The largest absolute Gasteiger partial charge is 0.281 e. The number of rotatable bonds is 5. The van der Waals surface area contributed by atoms with Gasteiger partial charge in [0.2, 0.25) is 5.24 Å². The van der Waals surface area contributed by atoms with Crippen LogP contribution < -0.4 is 0 Å². The molecule has 0 atom stereocenters. The van der Waals surface area contributed by atoms with Crippen molar-refractivity contribution >= 4 is 28.6 Å². The van der Waals surface area contributed by atoms with Gasteiger partial charge in [0.05, 0.1) is 0 Å². The van der Waals surface area contributed by atoms with E-state index in [0.717, 1.165) is 12.8 Å². The molecule has 1 nitrogen and oxygen atoms in total. The summed E-state index contributed by atoms with van der Waals surface area (Å²) in [5.74, 6) is 0. The number of carbonyl (C=O) groups is 1. The van der Waals surface area contributed by atoms with Crippen LogP contribution in [0.2, 0.25) is 0 Å². The molecule has 0 aliphatic rings. The van der Waals surface area contributed by atoms with Gasteiger partial charge < -0.3 is 0 Å². The van der Waals surface area contributed by atoms with Crippen LogP contribution in [0.15, 0.2) is 29.2 Å². The first-order chi connectivity index (χ1) is 6.72. The van der Waals surface area contributed by atoms with Gasteiger partial charge in [-0.05, 0) is 48.4 Å². The van der Waals surface area contributed by atoms with Crippen LogP contribution in [-0.2, 0) is 11.2 Å². The first-order valence-corrected chi connectivity index (χ1v) is 6.14. The molecule has 0 heterocycles. The molecule has 0 aliphatic heterocycles. The van der Waals surface area contributed by atoms with Gasteiger partial charge in [0.15, 0.2) is 0 Å². The summed E-state index contributed by atoms with van der Waals surface area (Å²) in [7, 11) is 0. The molecule has 0 spiro atoms. The zero-order valence-electron chi connectivity index (χ0n) is 8.13. The predicted molar refractivity (Wildman–Crippen MR) is 62.0 cm³/mol. The Bertz CT molecular complexity index is 295. The second-order valence-corrected chi connectivity index (χ2v) is 4.36. The molecule has 14 heavy (non-hydrogen) atoms. The molecule has 0 unspecified atom stereocenters. The van der Waals surface area contributed by atoms with E-state index < -0.39 is 0 Å². The van der Waals surface area contributed by atoms with Crippen molar-refractivity contribution in [2.24, 2.45) is 0 Å². The maximum Gasteiger partial charge on any atom is 0.221 e. The molecule has 0 saturated carbocycles. The predicted octanol–water partition coefficient (Wildman–Crippen LogP) is 3.50. The zero-order valence-corrected chi connectivity index (χ0v) is 9.70. The SMILES string of the molecule is CSc1ccc(CCCC(=O)Cl)cc1. The molecule has 0 bridgehead atoms. The Morgan fingerprint density at radius 1 is 1.36 bits per heavy atom. The van der Waals surface area contributed by atoms with E-state index in [0.29, 0.717) is 6.42 Å².